The topological polar surface area (TPSA) is 42.4 Å². The van der Waals surface area contributed by atoms with E-state index in [1.165, 1.54) is 23.0 Å². The van der Waals surface area contributed by atoms with Gasteiger partial charge in [-0.2, -0.15) is 0 Å². The van der Waals surface area contributed by atoms with Crippen LogP contribution in [0.3, 0.4) is 0 Å². The Bertz CT molecular complexity index is 1020. The van der Waals surface area contributed by atoms with E-state index in [9.17, 15) is 9.18 Å². The van der Waals surface area contributed by atoms with Gasteiger partial charge < -0.3 is 4.74 Å². The lowest BCUT2D eigenvalue weighted by atomic mass is 9.86. The summed E-state index contributed by atoms with van der Waals surface area (Å²) in [5.41, 5.74) is 2.09. The molecule has 4 rings (SSSR count). The summed E-state index contributed by atoms with van der Waals surface area (Å²) in [6, 6.07) is 12.6. The summed E-state index contributed by atoms with van der Waals surface area (Å²) in [5.74, 6) is -0.510. The van der Waals surface area contributed by atoms with Crippen LogP contribution in [-0.4, -0.2) is 30.1 Å². The number of hydrogen-bond acceptors (Lipinski definition) is 4. The number of ether oxygens (including phenoxy) is 1. The van der Waals surface area contributed by atoms with Gasteiger partial charge in [0.2, 0.25) is 0 Å². The molecule has 0 radical (unpaired) electrons. The van der Waals surface area contributed by atoms with E-state index in [4.69, 9.17) is 4.74 Å². The first kappa shape index (κ1) is 20.0. The van der Waals surface area contributed by atoms with Crippen molar-refractivity contribution >= 4 is 32.6 Å². The third-order valence-corrected chi connectivity index (χ3v) is 6.29. The third kappa shape index (κ3) is 4.19. The van der Waals surface area contributed by atoms with Gasteiger partial charge in [-0.3, -0.25) is 9.69 Å². The number of carbonyl (C=O) groups is 1. The van der Waals surface area contributed by atoms with E-state index in [1.54, 1.807) is 11.0 Å². The van der Waals surface area contributed by atoms with Crippen molar-refractivity contribution in [3.63, 3.8) is 0 Å². The number of carbonyl (C=O) groups excluding carboxylic acids is 1. The Balaban J connectivity index is 1.69. The fraction of sp³-hybridized carbons (Fsp3) is 0.391. The lowest BCUT2D eigenvalue weighted by Gasteiger charge is -2.24. The van der Waals surface area contributed by atoms with Crippen molar-refractivity contribution in [3.05, 3.63) is 59.4 Å². The van der Waals surface area contributed by atoms with Crippen LogP contribution in [0.2, 0.25) is 0 Å². The van der Waals surface area contributed by atoms with Crippen molar-refractivity contribution < 1.29 is 13.9 Å². The molecule has 1 atom stereocenters. The van der Waals surface area contributed by atoms with Gasteiger partial charge in [0.25, 0.3) is 5.91 Å². The number of benzene rings is 2. The molecule has 0 bridgehead atoms. The normalized spacial score (nSPS) is 17.0. The van der Waals surface area contributed by atoms with Crippen LogP contribution < -0.4 is 4.90 Å². The van der Waals surface area contributed by atoms with Crippen molar-refractivity contribution in [2.24, 2.45) is 0 Å². The van der Waals surface area contributed by atoms with Crippen molar-refractivity contribution in [1.82, 2.24) is 4.98 Å². The van der Waals surface area contributed by atoms with Crippen molar-refractivity contribution in [2.45, 2.75) is 45.1 Å². The average molecular weight is 413 g/mol. The predicted octanol–water partition coefficient (Wildman–Crippen LogP) is 5.56. The first-order valence-corrected chi connectivity index (χ1v) is 10.7. The van der Waals surface area contributed by atoms with Gasteiger partial charge in [-0.1, -0.05) is 50.3 Å². The minimum absolute atomic E-state index is 0.0174. The number of rotatable bonds is 4. The second kappa shape index (κ2) is 7.84. The maximum absolute atomic E-state index is 14.2. The fourth-order valence-electron chi connectivity index (χ4n) is 3.53. The van der Waals surface area contributed by atoms with Crippen molar-refractivity contribution in [2.75, 3.05) is 18.1 Å². The minimum atomic E-state index is -0.371. The Morgan fingerprint density at radius 1 is 1.24 bits per heavy atom. The molecule has 152 valence electrons. The van der Waals surface area contributed by atoms with Crippen LogP contribution in [0.15, 0.2) is 42.5 Å². The van der Waals surface area contributed by atoms with E-state index in [-0.39, 0.29) is 23.2 Å². The van der Waals surface area contributed by atoms with Crippen LogP contribution in [0.5, 0.6) is 0 Å². The molecule has 2 aromatic carbocycles. The van der Waals surface area contributed by atoms with Gasteiger partial charge in [0.1, 0.15) is 11.3 Å². The number of para-hydroxylation sites is 1. The first-order valence-electron chi connectivity index (χ1n) is 9.92. The highest BCUT2D eigenvalue weighted by molar-refractivity contribution is 7.22. The number of halogens is 1. The number of hydrogen-bond donors (Lipinski definition) is 0. The molecular formula is C23H25FN2O2S. The fourth-order valence-corrected chi connectivity index (χ4v) is 4.51. The van der Waals surface area contributed by atoms with E-state index in [2.05, 4.69) is 25.8 Å². The lowest BCUT2D eigenvalue weighted by Crippen LogP contribution is -2.37. The molecule has 0 aliphatic carbocycles. The molecule has 6 heteroatoms. The van der Waals surface area contributed by atoms with E-state index >= 15 is 0 Å². The number of aromatic nitrogens is 1. The molecule has 0 N–H and O–H groups in total. The van der Waals surface area contributed by atoms with Gasteiger partial charge >= 0.3 is 0 Å². The van der Waals surface area contributed by atoms with Crippen LogP contribution in [0.4, 0.5) is 9.52 Å². The second-order valence-electron chi connectivity index (χ2n) is 8.46. The van der Waals surface area contributed by atoms with Crippen LogP contribution in [0.1, 0.15) is 49.5 Å². The Labute approximate surface area is 174 Å². The molecule has 0 saturated carbocycles. The third-order valence-electron chi connectivity index (χ3n) is 5.24. The second-order valence-corrected chi connectivity index (χ2v) is 9.47. The highest BCUT2D eigenvalue weighted by atomic mass is 32.1. The van der Waals surface area contributed by atoms with Crippen LogP contribution in [0, 0.1) is 5.82 Å². The van der Waals surface area contributed by atoms with Gasteiger partial charge in [0.15, 0.2) is 5.13 Å². The lowest BCUT2D eigenvalue weighted by molar-refractivity contribution is 0.0917. The molecular weight excluding hydrogens is 387 g/mol. The maximum atomic E-state index is 14.2. The molecule has 1 saturated heterocycles. The van der Waals surface area contributed by atoms with Crippen LogP contribution in [-0.2, 0) is 10.2 Å². The van der Waals surface area contributed by atoms with E-state index in [0.717, 1.165) is 17.5 Å². The molecule has 2 heterocycles. The SMILES string of the molecule is CC(C)(C)c1ccc(C(=O)N(CC2CCCO2)c2nc3c(F)cccc3s2)cc1. The Kier molecular flexibility index (Phi) is 5.40. The minimum Gasteiger partial charge on any atom is -0.376 e. The van der Waals surface area contributed by atoms with Crippen LogP contribution in [0.25, 0.3) is 10.2 Å². The zero-order chi connectivity index (χ0) is 20.6. The molecule has 29 heavy (non-hydrogen) atoms. The predicted molar refractivity (Wildman–Crippen MR) is 115 cm³/mol. The smallest absolute Gasteiger partial charge is 0.260 e. The van der Waals surface area contributed by atoms with Crippen molar-refractivity contribution in [1.29, 1.82) is 0 Å². The molecule has 1 aliphatic heterocycles. The summed E-state index contributed by atoms with van der Waals surface area (Å²) in [6.07, 6.45) is 1.87. The van der Waals surface area contributed by atoms with Gasteiger partial charge in [-0.15, -0.1) is 0 Å². The van der Waals surface area contributed by atoms with Crippen LogP contribution >= 0.6 is 11.3 Å². The number of fused-ring (bicyclic) bond motifs is 1. The number of thiazole rings is 1. The zero-order valence-corrected chi connectivity index (χ0v) is 17.8. The summed E-state index contributed by atoms with van der Waals surface area (Å²) in [5, 5.41) is 0.505. The quantitative estimate of drug-likeness (QED) is 0.563. The number of amides is 1. The van der Waals surface area contributed by atoms with Gasteiger partial charge in [-0.05, 0) is 48.1 Å². The molecule has 1 aromatic heterocycles. The van der Waals surface area contributed by atoms with E-state index in [1.807, 2.05) is 30.3 Å². The molecule has 1 fully saturated rings. The maximum Gasteiger partial charge on any atom is 0.260 e. The summed E-state index contributed by atoms with van der Waals surface area (Å²) < 4.78 is 20.7. The average Bonchev–Trinajstić information content (AvgIpc) is 3.35. The monoisotopic (exact) mass is 412 g/mol. The van der Waals surface area contributed by atoms with Gasteiger partial charge in [0, 0.05) is 12.2 Å². The standard InChI is InChI=1S/C23H25FN2O2S/c1-23(2,3)16-11-9-15(10-12-16)21(27)26(14-17-6-5-13-28-17)22-25-20-18(24)7-4-8-19(20)29-22/h4,7-12,17H,5-6,13-14H2,1-3H3. The largest absolute Gasteiger partial charge is 0.376 e. The molecule has 1 aliphatic rings. The summed E-state index contributed by atoms with van der Waals surface area (Å²) in [6.45, 7) is 7.55. The molecule has 1 amide bonds. The van der Waals surface area contributed by atoms with E-state index < -0.39 is 0 Å². The highest BCUT2D eigenvalue weighted by Crippen LogP contribution is 2.32. The Morgan fingerprint density at radius 2 is 2.00 bits per heavy atom. The number of anilines is 1. The van der Waals surface area contributed by atoms with E-state index in [0.29, 0.717) is 29.4 Å². The molecule has 0 spiro atoms. The Hall–Kier alpha value is -2.31. The summed E-state index contributed by atoms with van der Waals surface area (Å²) >= 11 is 1.33. The molecule has 4 nitrogen and oxygen atoms in total. The highest BCUT2D eigenvalue weighted by Gasteiger charge is 2.27. The summed E-state index contributed by atoms with van der Waals surface area (Å²) in [4.78, 5) is 19.5. The molecule has 1 unspecified atom stereocenters. The zero-order valence-electron chi connectivity index (χ0n) is 16.9. The molecule has 3 aromatic rings. The summed E-state index contributed by atoms with van der Waals surface area (Å²) in [7, 11) is 0. The first-order chi connectivity index (χ1) is 13.8. The number of nitrogens with zero attached hydrogens (tertiary/aromatic N) is 2. The van der Waals surface area contributed by atoms with Gasteiger partial charge in [-0.25, -0.2) is 9.37 Å². The van der Waals surface area contributed by atoms with Crippen molar-refractivity contribution in [3.8, 4) is 0 Å². The van der Waals surface area contributed by atoms with Gasteiger partial charge in [0.05, 0.1) is 17.3 Å². The Morgan fingerprint density at radius 3 is 2.62 bits per heavy atom.